The molecule has 1 N–H and O–H groups in total. The number of fused-ring (bicyclic) bond motifs is 1. The second-order valence-corrected chi connectivity index (χ2v) is 5.63. The number of ether oxygens (including phenoxy) is 1. The van der Waals surface area contributed by atoms with E-state index in [9.17, 15) is 15.2 Å². The molecule has 5 heteroatoms. The molecule has 0 aliphatic rings. The zero-order chi connectivity index (χ0) is 17.8. The van der Waals surface area contributed by atoms with E-state index in [1.165, 1.54) is 7.11 Å². The predicted octanol–water partition coefficient (Wildman–Crippen LogP) is 3.60. The summed E-state index contributed by atoms with van der Waals surface area (Å²) in [7, 11) is 1.52. The van der Waals surface area contributed by atoms with Crippen LogP contribution in [0.4, 0.5) is 0 Å². The number of benzene rings is 2. The van der Waals surface area contributed by atoms with E-state index in [-0.39, 0.29) is 0 Å². The van der Waals surface area contributed by atoms with Crippen LogP contribution < -0.4 is 4.74 Å². The van der Waals surface area contributed by atoms with Crippen LogP contribution in [-0.2, 0) is 4.79 Å². The van der Waals surface area contributed by atoms with Gasteiger partial charge in [-0.25, -0.2) is 0 Å². The van der Waals surface area contributed by atoms with Gasteiger partial charge in [0.05, 0.1) is 18.7 Å². The number of carboxylic acid groups (broad SMARTS) is 1. The average Bonchev–Trinajstić information content (AvgIpc) is 2.65. The first-order valence-corrected chi connectivity index (χ1v) is 7.75. The lowest BCUT2D eigenvalue weighted by Crippen LogP contribution is -2.22. The molecular formula is C20H16N2O3. The molecule has 0 spiro atoms. The number of methoxy groups -OCH3 is 1. The maximum atomic E-state index is 11.7. The van der Waals surface area contributed by atoms with Crippen molar-refractivity contribution in [3.8, 4) is 11.8 Å². The smallest absolute Gasteiger partial charge is 0.321 e. The summed E-state index contributed by atoms with van der Waals surface area (Å²) >= 11 is 0. The number of nitrogens with zero attached hydrogens (tertiary/aromatic N) is 2. The third kappa shape index (κ3) is 3.15. The predicted molar refractivity (Wildman–Crippen MR) is 93.3 cm³/mol. The first-order valence-electron chi connectivity index (χ1n) is 7.75. The second-order valence-electron chi connectivity index (χ2n) is 5.63. The summed E-state index contributed by atoms with van der Waals surface area (Å²) in [5.41, 5.74) is 2.13. The van der Waals surface area contributed by atoms with Crippen LogP contribution in [0.15, 0.2) is 60.8 Å². The molecule has 2 unspecified atom stereocenters. The molecule has 0 radical (unpaired) electrons. The lowest BCUT2D eigenvalue weighted by atomic mass is 9.81. The summed E-state index contributed by atoms with van der Waals surface area (Å²) in [6.45, 7) is 0. The highest BCUT2D eigenvalue weighted by Gasteiger charge is 2.33. The number of aromatic nitrogens is 1. The number of carboxylic acids is 1. The Morgan fingerprint density at radius 1 is 1.20 bits per heavy atom. The molecule has 0 amide bonds. The van der Waals surface area contributed by atoms with E-state index < -0.39 is 17.8 Å². The summed E-state index contributed by atoms with van der Waals surface area (Å²) < 4.78 is 5.39. The highest BCUT2D eigenvalue weighted by molar-refractivity contribution is 5.80. The largest absolute Gasteiger partial charge is 0.496 e. The molecule has 5 nitrogen and oxygen atoms in total. The summed E-state index contributed by atoms with van der Waals surface area (Å²) in [6, 6.07) is 18.5. The summed E-state index contributed by atoms with van der Waals surface area (Å²) in [6.07, 6.45) is 1.63. The molecule has 0 aliphatic carbocycles. The fraction of sp³-hybridized carbons (Fsp3) is 0.150. The number of pyridine rings is 1. The Hall–Kier alpha value is -3.39. The second kappa shape index (κ2) is 7.02. The van der Waals surface area contributed by atoms with Gasteiger partial charge in [-0.15, -0.1) is 0 Å². The zero-order valence-corrected chi connectivity index (χ0v) is 13.6. The molecule has 25 heavy (non-hydrogen) atoms. The maximum Gasteiger partial charge on any atom is 0.321 e. The number of carbonyl (C=O) groups is 1. The van der Waals surface area contributed by atoms with Crippen LogP contribution in [0.1, 0.15) is 17.0 Å². The molecule has 0 aliphatic heterocycles. The van der Waals surface area contributed by atoms with Crippen LogP contribution in [-0.4, -0.2) is 23.2 Å². The quantitative estimate of drug-likeness (QED) is 0.772. The van der Waals surface area contributed by atoms with Crippen molar-refractivity contribution >= 4 is 16.9 Å². The Morgan fingerprint density at radius 3 is 2.64 bits per heavy atom. The van der Waals surface area contributed by atoms with Crippen molar-refractivity contribution in [1.82, 2.24) is 4.98 Å². The molecule has 1 aromatic heterocycles. The summed E-state index contributed by atoms with van der Waals surface area (Å²) in [5, 5.41) is 19.9. The number of rotatable bonds is 5. The third-order valence-corrected chi connectivity index (χ3v) is 4.18. The minimum Gasteiger partial charge on any atom is -0.496 e. The van der Waals surface area contributed by atoms with Crippen LogP contribution in [0.25, 0.3) is 10.9 Å². The Labute approximate surface area is 145 Å². The monoisotopic (exact) mass is 332 g/mol. The van der Waals surface area contributed by atoms with Crippen LogP contribution in [0.2, 0.25) is 0 Å². The van der Waals surface area contributed by atoms with E-state index in [4.69, 9.17) is 4.74 Å². The van der Waals surface area contributed by atoms with Crippen molar-refractivity contribution in [2.75, 3.05) is 7.11 Å². The molecule has 124 valence electrons. The maximum absolute atomic E-state index is 11.7. The topological polar surface area (TPSA) is 83.2 Å². The highest BCUT2D eigenvalue weighted by atomic mass is 16.5. The lowest BCUT2D eigenvalue weighted by molar-refractivity contribution is -0.140. The minimum atomic E-state index is -1.25. The number of nitriles is 1. The molecule has 3 rings (SSSR count). The van der Waals surface area contributed by atoms with Crippen molar-refractivity contribution in [1.29, 1.82) is 5.26 Å². The molecule has 0 saturated heterocycles. The number of hydrogen-bond donors (Lipinski definition) is 1. The van der Waals surface area contributed by atoms with Gasteiger partial charge >= 0.3 is 5.97 Å². The molecule has 0 saturated carbocycles. The van der Waals surface area contributed by atoms with Crippen LogP contribution >= 0.6 is 0 Å². The van der Waals surface area contributed by atoms with Crippen molar-refractivity contribution in [3.63, 3.8) is 0 Å². The number of aliphatic carboxylic acids is 1. The van der Waals surface area contributed by atoms with E-state index in [0.29, 0.717) is 16.9 Å². The highest BCUT2D eigenvalue weighted by Crippen LogP contribution is 2.38. The van der Waals surface area contributed by atoms with Crippen molar-refractivity contribution < 1.29 is 14.6 Å². The van der Waals surface area contributed by atoms with E-state index in [2.05, 4.69) is 4.98 Å². The number of hydrogen-bond acceptors (Lipinski definition) is 4. The van der Waals surface area contributed by atoms with Gasteiger partial charge < -0.3 is 9.84 Å². The molecule has 1 heterocycles. The van der Waals surface area contributed by atoms with E-state index in [1.807, 2.05) is 36.4 Å². The summed E-state index contributed by atoms with van der Waals surface area (Å²) in [5.74, 6) is -2.57. The van der Waals surface area contributed by atoms with Gasteiger partial charge in [-0.2, -0.15) is 5.26 Å². The fourth-order valence-electron chi connectivity index (χ4n) is 3.01. The van der Waals surface area contributed by atoms with Crippen LogP contribution in [0.5, 0.6) is 5.75 Å². The van der Waals surface area contributed by atoms with Crippen molar-refractivity contribution in [3.05, 3.63) is 71.9 Å². The van der Waals surface area contributed by atoms with Gasteiger partial charge in [-0.05, 0) is 23.8 Å². The zero-order valence-electron chi connectivity index (χ0n) is 13.6. The van der Waals surface area contributed by atoms with Gasteiger partial charge in [-0.3, -0.25) is 9.78 Å². The molecule has 2 aromatic carbocycles. The molecule has 2 atom stereocenters. The van der Waals surface area contributed by atoms with Gasteiger partial charge in [0, 0.05) is 23.1 Å². The fourth-order valence-corrected chi connectivity index (χ4v) is 3.01. The van der Waals surface area contributed by atoms with Gasteiger partial charge in [0.25, 0.3) is 0 Å². The van der Waals surface area contributed by atoms with Crippen molar-refractivity contribution in [2.24, 2.45) is 5.92 Å². The van der Waals surface area contributed by atoms with Crippen LogP contribution in [0, 0.1) is 17.2 Å². The Bertz CT molecular complexity index is 962. The van der Waals surface area contributed by atoms with Crippen molar-refractivity contribution in [2.45, 2.75) is 5.92 Å². The number of para-hydroxylation sites is 2. The van der Waals surface area contributed by atoms with E-state index in [0.717, 1.165) is 10.9 Å². The Morgan fingerprint density at radius 2 is 1.92 bits per heavy atom. The van der Waals surface area contributed by atoms with Gasteiger partial charge in [0.2, 0.25) is 0 Å². The SMILES string of the molecule is COc1ccccc1C(c1cnc2ccccc2c1)C(C#N)C(=O)O. The van der Waals surface area contributed by atoms with Crippen LogP contribution in [0.3, 0.4) is 0 Å². The lowest BCUT2D eigenvalue weighted by Gasteiger charge is -2.22. The Balaban J connectivity index is 2.22. The average molecular weight is 332 g/mol. The Kier molecular flexibility index (Phi) is 4.62. The van der Waals surface area contributed by atoms with E-state index >= 15 is 0 Å². The minimum absolute atomic E-state index is 0.544. The van der Waals surface area contributed by atoms with Gasteiger partial charge in [0.15, 0.2) is 5.92 Å². The molecule has 3 aromatic rings. The van der Waals surface area contributed by atoms with Gasteiger partial charge in [0.1, 0.15) is 5.75 Å². The first kappa shape index (κ1) is 16.5. The van der Waals surface area contributed by atoms with E-state index in [1.54, 1.807) is 30.5 Å². The third-order valence-electron chi connectivity index (χ3n) is 4.18. The molecule has 0 bridgehead atoms. The van der Waals surface area contributed by atoms with Gasteiger partial charge in [-0.1, -0.05) is 36.4 Å². The normalized spacial score (nSPS) is 13.0. The summed E-state index contributed by atoms with van der Waals surface area (Å²) in [4.78, 5) is 16.1. The molecule has 0 fully saturated rings. The standard InChI is InChI=1S/C20H16N2O3/c1-25-18-9-5-3-7-15(18)19(16(11-21)20(23)24)14-10-13-6-2-4-8-17(13)22-12-14/h2-10,12,16,19H,1H3,(H,23,24). The molecular weight excluding hydrogens is 316 g/mol. The first-order chi connectivity index (χ1) is 12.2.